The summed E-state index contributed by atoms with van der Waals surface area (Å²) >= 11 is 0. The highest BCUT2D eigenvalue weighted by Gasteiger charge is 2.34. The SMILES string of the molecule is CC(CN)NC1CCCCC1C(C)(C)C. The van der Waals surface area contributed by atoms with Gasteiger partial charge in [0.25, 0.3) is 0 Å². The molecule has 0 aliphatic heterocycles. The standard InChI is InChI=1S/C13H28N2/c1-10(9-14)15-12-8-6-5-7-11(12)13(2,3)4/h10-12,15H,5-9,14H2,1-4H3. The molecule has 0 aromatic heterocycles. The Morgan fingerprint density at radius 3 is 2.40 bits per heavy atom. The van der Waals surface area contributed by atoms with Crippen molar-refractivity contribution in [2.24, 2.45) is 17.1 Å². The molecule has 90 valence electrons. The normalized spacial score (nSPS) is 30.2. The molecule has 2 heteroatoms. The van der Waals surface area contributed by atoms with Gasteiger partial charge >= 0.3 is 0 Å². The summed E-state index contributed by atoms with van der Waals surface area (Å²) in [6.45, 7) is 10.0. The van der Waals surface area contributed by atoms with Gasteiger partial charge in [-0.05, 0) is 31.1 Å². The van der Waals surface area contributed by atoms with E-state index in [1.165, 1.54) is 25.7 Å². The lowest BCUT2D eigenvalue weighted by Gasteiger charge is -2.42. The highest BCUT2D eigenvalue weighted by atomic mass is 15.0. The van der Waals surface area contributed by atoms with Crippen molar-refractivity contribution in [2.45, 2.75) is 65.5 Å². The second kappa shape index (κ2) is 5.31. The minimum absolute atomic E-state index is 0.423. The zero-order valence-corrected chi connectivity index (χ0v) is 10.8. The van der Waals surface area contributed by atoms with Gasteiger partial charge in [-0.1, -0.05) is 33.6 Å². The molecule has 1 aliphatic carbocycles. The van der Waals surface area contributed by atoms with Gasteiger partial charge in [0.1, 0.15) is 0 Å². The molecule has 3 unspecified atom stereocenters. The second-order valence-corrected chi connectivity index (χ2v) is 6.17. The van der Waals surface area contributed by atoms with Crippen molar-refractivity contribution in [1.29, 1.82) is 0 Å². The van der Waals surface area contributed by atoms with E-state index in [9.17, 15) is 0 Å². The number of hydrogen-bond donors (Lipinski definition) is 2. The maximum absolute atomic E-state index is 5.68. The fourth-order valence-corrected chi connectivity index (χ4v) is 2.80. The molecule has 0 amide bonds. The van der Waals surface area contributed by atoms with Crippen molar-refractivity contribution >= 4 is 0 Å². The van der Waals surface area contributed by atoms with Crippen molar-refractivity contribution in [3.05, 3.63) is 0 Å². The van der Waals surface area contributed by atoms with Crippen LogP contribution in [0.1, 0.15) is 53.4 Å². The fraction of sp³-hybridized carbons (Fsp3) is 1.00. The topological polar surface area (TPSA) is 38.0 Å². The second-order valence-electron chi connectivity index (χ2n) is 6.17. The molecule has 3 atom stereocenters. The Morgan fingerprint density at radius 2 is 1.87 bits per heavy atom. The number of hydrogen-bond acceptors (Lipinski definition) is 2. The molecule has 0 saturated heterocycles. The molecular formula is C13H28N2. The smallest absolute Gasteiger partial charge is 0.0164 e. The summed E-state index contributed by atoms with van der Waals surface area (Å²) in [5.41, 5.74) is 6.10. The summed E-state index contributed by atoms with van der Waals surface area (Å²) in [5.74, 6) is 0.806. The van der Waals surface area contributed by atoms with E-state index in [2.05, 4.69) is 33.0 Å². The van der Waals surface area contributed by atoms with E-state index in [4.69, 9.17) is 5.73 Å². The largest absolute Gasteiger partial charge is 0.329 e. The summed E-state index contributed by atoms with van der Waals surface area (Å²) in [7, 11) is 0. The van der Waals surface area contributed by atoms with Gasteiger partial charge in [-0.15, -0.1) is 0 Å². The highest BCUT2D eigenvalue weighted by molar-refractivity contribution is 4.89. The Bertz CT molecular complexity index is 183. The van der Waals surface area contributed by atoms with Crippen LogP contribution in [0, 0.1) is 11.3 Å². The zero-order chi connectivity index (χ0) is 11.5. The van der Waals surface area contributed by atoms with Crippen LogP contribution in [0.2, 0.25) is 0 Å². The van der Waals surface area contributed by atoms with E-state index in [1.807, 2.05) is 0 Å². The van der Waals surface area contributed by atoms with Gasteiger partial charge in [0.2, 0.25) is 0 Å². The maximum atomic E-state index is 5.68. The van der Waals surface area contributed by atoms with Gasteiger partial charge in [0.15, 0.2) is 0 Å². The van der Waals surface area contributed by atoms with Gasteiger partial charge in [-0.25, -0.2) is 0 Å². The lowest BCUT2D eigenvalue weighted by Crippen LogP contribution is -2.49. The first-order chi connectivity index (χ1) is 6.95. The molecule has 1 rings (SSSR count). The monoisotopic (exact) mass is 212 g/mol. The number of nitrogens with one attached hydrogen (secondary N) is 1. The first-order valence-corrected chi connectivity index (χ1v) is 6.41. The van der Waals surface area contributed by atoms with Gasteiger partial charge < -0.3 is 11.1 Å². The summed E-state index contributed by atoms with van der Waals surface area (Å²) in [4.78, 5) is 0. The molecule has 1 fully saturated rings. The van der Waals surface area contributed by atoms with Crippen molar-refractivity contribution in [3.63, 3.8) is 0 Å². The predicted molar refractivity (Wildman–Crippen MR) is 66.9 cm³/mol. The van der Waals surface area contributed by atoms with Crippen molar-refractivity contribution in [3.8, 4) is 0 Å². The van der Waals surface area contributed by atoms with Crippen molar-refractivity contribution < 1.29 is 0 Å². The summed E-state index contributed by atoms with van der Waals surface area (Å²) in [5, 5.41) is 3.70. The van der Waals surface area contributed by atoms with Crippen LogP contribution in [-0.2, 0) is 0 Å². The molecule has 0 bridgehead atoms. The average molecular weight is 212 g/mol. The minimum Gasteiger partial charge on any atom is -0.329 e. The lowest BCUT2D eigenvalue weighted by atomic mass is 9.69. The predicted octanol–water partition coefficient (Wildman–Crippen LogP) is 2.53. The van der Waals surface area contributed by atoms with E-state index in [-0.39, 0.29) is 0 Å². The van der Waals surface area contributed by atoms with Gasteiger partial charge in [-0.3, -0.25) is 0 Å². The Labute approximate surface area is 95.0 Å². The third-order valence-corrected chi connectivity index (χ3v) is 3.73. The Kier molecular flexibility index (Phi) is 4.60. The van der Waals surface area contributed by atoms with E-state index in [0.29, 0.717) is 17.5 Å². The fourth-order valence-electron chi connectivity index (χ4n) is 2.80. The summed E-state index contributed by atoms with van der Waals surface area (Å²) in [6.07, 6.45) is 5.48. The number of nitrogens with two attached hydrogens (primary N) is 1. The third kappa shape index (κ3) is 3.76. The molecule has 0 spiro atoms. The van der Waals surface area contributed by atoms with Crippen LogP contribution in [0.25, 0.3) is 0 Å². The van der Waals surface area contributed by atoms with Gasteiger partial charge in [0, 0.05) is 18.6 Å². The highest BCUT2D eigenvalue weighted by Crippen LogP contribution is 2.38. The molecule has 0 aromatic carbocycles. The van der Waals surface area contributed by atoms with Crippen LogP contribution in [-0.4, -0.2) is 18.6 Å². The van der Waals surface area contributed by atoms with E-state index < -0.39 is 0 Å². The Morgan fingerprint density at radius 1 is 1.27 bits per heavy atom. The summed E-state index contributed by atoms with van der Waals surface area (Å²) in [6, 6.07) is 1.13. The van der Waals surface area contributed by atoms with Gasteiger partial charge in [-0.2, -0.15) is 0 Å². The lowest BCUT2D eigenvalue weighted by molar-refractivity contribution is 0.125. The Balaban J connectivity index is 2.58. The maximum Gasteiger partial charge on any atom is 0.0164 e. The third-order valence-electron chi connectivity index (χ3n) is 3.73. The van der Waals surface area contributed by atoms with Crippen LogP contribution in [0.5, 0.6) is 0 Å². The zero-order valence-electron chi connectivity index (χ0n) is 10.8. The molecule has 2 nitrogen and oxygen atoms in total. The molecule has 3 N–H and O–H groups in total. The van der Waals surface area contributed by atoms with Crippen molar-refractivity contribution in [1.82, 2.24) is 5.32 Å². The molecule has 0 heterocycles. The molecule has 1 saturated carbocycles. The molecule has 0 radical (unpaired) electrons. The number of rotatable bonds is 3. The first-order valence-electron chi connectivity index (χ1n) is 6.41. The van der Waals surface area contributed by atoms with E-state index in [0.717, 1.165) is 12.5 Å². The van der Waals surface area contributed by atoms with E-state index in [1.54, 1.807) is 0 Å². The van der Waals surface area contributed by atoms with Crippen LogP contribution >= 0.6 is 0 Å². The summed E-state index contributed by atoms with van der Waals surface area (Å²) < 4.78 is 0. The Hall–Kier alpha value is -0.0800. The molecule has 15 heavy (non-hydrogen) atoms. The molecular weight excluding hydrogens is 184 g/mol. The molecule has 0 aromatic rings. The van der Waals surface area contributed by atoms with Crippen LogP contribution < -0.4 is 11.1 Å². The quantitative estimate of drug-likeness (QED) is 0.754. The van der Waals surface area contributed by atoms with E-state index >= 15 is 0 Å². The van der Waals surface area contributed by atoms with Gasteiger partial charge in [0.05, 0.1) is 0 Å². The van der Waals surface area contributed by atoms with Crippen LogP contribution in [0.15, 0.2) is 0 Å². The van der Waals surface area contributed by atoms with Crippen LogP contribution in [0.3, 0.4) is 0 Å². The minimum atomic E-state index is 0.423. The average Bonchev–Trinajstić information content (AvgIpc) is 2.17. The first kappa shape index (κ1) is 13.0. The molecule has 1 aliphatic rings. The van der Waals surface area contributed by atoms with Crippen molar-refractivity contribution in [2.75, 3.05) is 6.54 Å². The van der Waals surface area contributed by atoms with Crippen LogP contribution in [0.4, 0.5) is 0 Å².